The maximum absolute atomic E-state index is 11.0. The molecule has 2 N–H and O–H groups in total. The number of ether oxygens (including phenoxy) is 3. The Balaban J connectivity index is 0. The van der Waals surface area contributed by atoms with Crippen LogP contribution in [-0.2, 0) is 28.6 Å². The van der Waals surface area contributed by atoms with Crippen LogP contribution in [0, 0.1) is 0 Å². The normalized spacial score (nSPS) is 12.1. The van der Waals surface area contributed by atoms with E-state index in [1.807, 2.05) is 6.92 Å². The molecule has 0 fully saturated rings. The van der Waals surface area contributed by atoms with Crippen LogP contribution in [0.2, 0.25) is 0 Å². The van der Waals surface area contributed by atoms with E-state index in [9.17, 15) is 24.6 Å². The van der Waals surface area contributed by atoms with Crippen molar-refractivity contribution in [2.45, 2.75) is 39.6 Å². The highest BCUT2D eigenvalue weighted by atomic mass is 16.5. The Morgan fingerprint density at radius 2 is 1.10 bits per heavy atom. The van der Waals surface area contributed by atoms with Gasteiger partial charge in [0.1, 0.15) is 25.7 Å². The predicted octanol–water partition coefficient (Wildman–Crippen LogP) is 0.809. The predicted molar refractivity (Wildman–Crippen MR) is 115 cm³/mol. The molecule has 2 atom stereocenters. The molecule has 0 aliphatic heterocycles. The summed E-state index contributed by atoms with van der Waals surface area (Å²) in [5.41, 5.74) is 0. The number of esters is 3. The van der Waals surface area contributed by atoms with Crippen molar-refractivity contribution >= 4 is 17.9 Å². The van der Waals surface area contributed by atoms with Crippen LogP contribution in [0.3, 0.4) is 0 Å². The number of aliphatic hydroxyl groups is 2. The van der Waals surface area contributed by atoms with Crippen LogP contribution >= 0.6 is 0 Å². The van der Waals surface area contributed by atoms with Crippen LogP contribution in [0.4, 0.5) is 0 Å². The number of hydrogen-bond acceptors (Lipinski definition) is 10. The van der Waals surface area contributed by atoms with Gasteiger partial charge in [-0.2, -0.15) is 0 Å². The molecule has 10 heteroatoms. The van der Waals surface area contributed by atoms with Gasteiger partial charge in [-0.3, -0.25) is 9.80 Å². The lowest BCUT2D eigenvalue weighted by Gasteiger charge is -2.33. The fourth-order valence-electron chi connectivity index (χ4n) is 1.89. The van der Waals surface area contributed by atoms with E-state index < -0.39 is 24.4 Å². The van der Waals surface area contributed by atoms with E-state index in [-0.39, 0.29) is 38.9 Å². The molecule has 0 aromatic rings. The largest absolute Gasteiger partial charge is 0.463 e. The standard InChI is InChI=1S/C15H26N2O6.C6H10O2/c1-5-14(20)22-9-7-16(12(3)18)11-17(13(4)19)8-10-23-15(21)6-2;1-3-5-8-6(7)4-2/h5-6,12-13,18-19H,1-2,7-11H2,3-4H3;4H,2-3,5H2,1H3. The molecule has 0 rings (SSSR count). The van der Waals surface area contributed by atoms with Crippen molar-refractivity contribution in [1.29, 1.82) is 0 Å². The van der Waals surface area contributed by atoms with Gasteiger partial charge in [-0.25, -0.2) is 14.4 Å². The topological polar surface area (TPSA) is 126 Å². The minimum Gasteiger partial charge on any atom is -0.463 e. The van der Waals surface area contributed by atoms with Crippen LogP contribution in [0.15, 0.2) is 38.0 Å². The number of carbonyl (C=O) groups excluding carboxylic acids is 3. The van der Waals surface area contributed by atoms with Crippen LogP contribution in [-0.4, -0.2) is 90.0 Å². The number of aliphatic hydroxyl groups excluding tert-OH is 2. The van der Waals surface area contributed by atoms with Crippen molar-refractivity contribution in [1.82, 2.24) is 9.80 Å². The molecule has 0 radical (unpaired) electrons. The lowest BCUT2D eigenvalue weighted by Crippen LogP contribution is -2.48. The zero-order valence-corrected chi connectivity index (χ0v) is 18.7. The van der Waals surface area contributed by atoms with Crippen LogP contribution in [0.1, 0.15) is 27.2 Å². The maximum atomic E-state index is 11.0. The van der Waals surface area contributed by atoms with Crippen LogP contribution in [0.5, 0.6) is 0 Å². The molecule has 0 bridgehead atoms. The molecule has 0 spiro atoms. The molecular formula is C21H36N2O8. The average molecular weight is 445 g/mol. The number of carbonyl (C=O) groups is 3. The van der Waals surface area contributed by atoms with E-state index in [4.69, 9.17) is 9.47 Å². The van der Waals surface area contributed by atoms with Gasteiger partial charge in [-0.05, 0) is 20.3 Å². The molecule has 0 saturated carbocycles. The Morgan fingerprint density at radius 1 is 0.774 bits per heavy atom. The summed E-state index contributed by atoms with van der Waals surface area (Å²) in [6, 6.07) is 0. The van der Waals surface area contributed by atoms with Gasteiger partial charge in [0.05, 0.1) is 13.3 Å². The summed E-state index contributed by atoms with van der Waals surface area (Å²) in [5, 5.41) is 19.6. The van der Waals surface area contributed by atoms with Crippen LogP contribution in [0.25, 0.3) is 0 Å². The molecule has 178 valence electrons. The van der Waals surface area contributed by atoms with Crippen molar-refractivity contribution < 1.29 is 38.8 Å². The summed E-state index contributed by atoms with van der Waals surface area (Å²) >= 11 is 0. The van der Waals surface area contributed by atoms with E-state index in [2.05, 4.69) is 24.5 Å². The fraction of sp³-hybridized carbons (Fsp3) is 0.571. The molecule has 0 aromatic carbocycles. The zero-order chi connectivity index (χ0) is 24.2. The van der Waals surface area contributed by atoms with Crippen molar-refractivity contribution in [3.8, 4) is 0 Å². The molecule has 0 amide bonds. The van der Waals surface area contributed by atoms with E-state index in [1.165, 1.54) is 0 Å². The van der Waals surface area contributed by atoms with Gasteiger partial charge in [-0.15, -0.1) is 0 Å². The average Bonchev–Trinajstić information content (AvgIpc) is 2.75. The number of rotatable bonds is 15. The monoisotopic (exact) mass is 444 g/mol. The summed E-state index contributed by atoms with van der Waals surface area (Å²) in [7, 11) is 0. The van der Waals surface area contributed by atoms with Crippen molar-refractivity contribution in [2.75, 3.05) is 39.6 Å². The Bertz CT molecular complexity index is 528. The lowest BCUT2D eigenvalue weighted by molar-refractivity contribution is -0.141. The molecule has 10 nitrogen and oxygen atoms in total. The minimum absolute atomic E-state index is 0.0782. The van der Waals surface area contributed by atoms with E-state index >= 15 is 0 Å². The summed E-state index contributed by atoms with van der Waals surface area (Å²) in [5.74, 6) is -1.43. The molecule has 31 heavy (non-hydrogen) atoms. The molecular weight excluding hydrogens is 408 g/mol. The van der Waals surface area contributed by atoms with E-state index in [0.29, 0.717) is 6.61 Å². The summed E-state index contributed by atoms with van der Waals surface area (Å²) in [6.07, 6.45) is 2.52. The summed E-state index contributed by atoms with van der Waals surface area (Å²) in [6.45, 7) is 16.3. The summed E-state index contributed by atoms with van der Waals surface area (Å²) < 4.78 is 14.3. The second-order valence-corrected chi connectivity index (χ2v) is 6.14. The van der Waals surface area contributed by atoms with Crippen molar-refractivity contribution in [2.24, 2.45) is 0 Å². The molecule has 0 heterocycles. The third-order valence-corrected chi connectivity index (χ3v) is 3.61. The highest BCUT2D eigenvalue weighted by Gasteiger charge is 2.19. The Hall–Kier alpha value is -2.53. The van der Waals surface area contributed by atoms with Gasteiger partial charge in [-0.1, -0.05) is 26.7 Å². The second kappa shape index (κ2) is 19.4. The summed E-state index contributed by atoms with van der Waals surface area (Å²) in [4.78, 5) is 35.4. The molecule has 0 aliphatic rings. The van der Waals surface area contributed by atoms with E-state index in [1.54, 1.807) is 23.6 Å². The SMILES string of the molecule is C=CC(=O)OCCC.C=CC(=O)OCCN(CN(CCOC(=O)C=C)C(C)O)C(C)O. The Labute approximate surface area is 184 Å². The zero-order valence-electron chi connectivity index (χ0n) is 18.7. The first kappa shape index (κ1) is 30.7. The van der Waals surface area contributed by atoms with Gasteiger partial charge >= 0.3 is 17.9 Å². The maximum Gasteiger partial charge on any atom is 0.330 e. The third-order valence-electron chi connectivity index (χ3n) is 3.61. The van der Waals surface area contributed by atoms with Crippen molar-refractivity contribution in [3.63, 3.8) is 0 Å². The smallest absolute Gasteiger partial charge is 0.330 e. The van der Waals surface area contributed by atoms with Gasteiger partial charge in [0.25, 0.3) is 0 Å². The second-order valence-electron chi connectivity index (χ2n) is 6.14. The minimum atomic E-state index is -0.811. The van der Waals surface area contributed by atoms with Crippen molar-refractivity contribution in [3.05, 3.63) is 38.0 Å². The molecule has 0 aromatic heterocycles. The van der Waals surface area contributed by atoms with Gasteiger partial charge in [0, 0.05) is 31.3 Å². The third kappa shape index (κ3) is 18.0. The Morgan fingerprint density at radius 3 is 1.35 bits per heavy atom. The molecule has 0 saturated heterocycles. The van der Waals surface area contributed by atoms with Gasteiger partial charge in [0.15, 0.2) is 0 Å². The first-order chi connectivity index (χ1) is 14.6. The quantitative estimate of drug-likeness (QED) is 0.162. The first-order valence-corrected chi connectivity index (χ1v) is 9.84. The molecule has 2 unspecified atom stereocenters. The Kier molecular flexibility index (Phi) is 19.2. The highest BCUT2D eigenvalue weighted by Crippen LogP contribution is 2.03. The van der Waals surface area contributed by atoms with Gasteiger partial charge < -0.3 is 24.4 Å². The fourth-order valence-corrected chi connectivity index (χ4v) is 1.89. The first-order valence-electron chi connectivity index (χ1n) is 9.84. The highest BCUT2D eigenvalue weighted by molar-refractivity contribution is 5.81. The number of hydrogen-bond donors (Lipinski definition) is 2. The lowest BCUT2D eigenvalue weighted by atomic mass is 10.4. The van der Waals surface area contributed by atoms with Crippen LogP contribution < -0.4 is 0 Å². The van der Waals surface area contributed by atoms with E-state index in [0.717, 1.165) is 24.6 Å². The van der Waals surface area contributed by atoms with Gasteiger partial charge in [0.2, 0.25) is 0 Å². The molecule has 0 aliphatic carbocycles. The number of nitrogens with zero attached hydrogens (tertiary/aromatic N) is 2.